The van der Waals surface area contributed by atoms with Gasteiger partial charge in [0.25, 0.3) is 0 Å². The van der Waals surface area contributed by atoms with Gasteiger partial charge in [-0.1, -0.05) is 24.3 Å². The highest BCUT2D eigenvalue weighted by atomic mass is 32.1. The van der Waals surface area contributed by atoms with Gasteiger partial charge in [0, 0.05) is 5.56 Å². The number of para-hydroxylation sites is 1. The van der Waals surface area contributed by atoms with Crippen LogP contribution in [0.1, 0.15) is 20.8 Å². The fourth-order valence-electron chi connectivity index (χ4n) is 2.88. The van der Waals surface area contributed by atoms with E-state index >= 15 is 0 Å². The number of nitriles is 1. The molecule has 2 aromatic heterocycles. The monoisotopic (exact) mass is 386 g/mol. The summed E-state index contributed by atoms with van der Waals surface area (Å²) in [5.74, 6) is 1.06. The second-order valence-corrected chi connectivity index (χ2v) is 7.01. The Kier molecular flexibility index (Phi) is 4.47. The van der Waals surface area contributed by atoms with E-state index in [1.54, 1.807) is 42.5 Å². The normalized spacial score (nSPS) is 10.6. The first-order valence-corrected chi connectivity index (χ1v) is 9.17. The molecule has 0 amide bonds. The minimum atomic E-state index is -0.159. The molecule has 7 heteroatoms. The first-order valence-electron chi connectivity index (χ1n) is 8.36. The average molecular weight is 386 g/mol. The fourth-order valence-corrected chi connectivity index (χ4v) is 3.87. The lowest BCUT2D eigenvalue weighted by Gasteiger charge is -2.05. The van der Waals surface area contributed by atoms with E-state index in [2.05, 4.69) is 16.0 Å². The summed E-state index contributed by atoms with van der Waals surface area (Å²) in [6.45, 7) is 0. The molecule has 0 bridgehead atoms. The van der Waals surface area contributed by atoms with Crippen molar-refractivity contribution in [3.8, 4) is 23.2 Å². The lowest BCUT2D eigenvalue weighted by Crippen LogP contribution is -2.01. The van der Waals surface area contributed by atoms with E-state index in [1.165, 1.54) is 18.4 Å². The van der Waals surface area contributed by atoms with E-state index in [1.807, 2.05) is 12.1 Å². The number of hydrogen-bond donors (Lipinski definition) is 1. The van der Waals surface area contributed by atoms with Crippen molar-refractivity contribution < 1.29 is 9.53 Å². The number of ether oxygens (including phenoxy) is 1. The van der Waals surface area contributed by atoms with E-state index in [0.717, 1.165) is 0 Å². The van der Waals surface area contributed by atoms with Gasteiger partial charge in [-0.25, -0.2) is 9.97 Å². The quantitative estimate of drug-likeness (QED) is 0.531. The molecule has 136 valence electrons. The molecule has 4 rings (SSSR count). The number of rotatable bonds is 4. The molecule has 0 saturated carbocycles. The molecule has 2 N–H and O–H groups in total. The number of carbonyl (C=O) groups is 1. The van der Waals surface area contributed by atoms with Crippen LogP contribution in [0.4, 0.5) is 5.82 Å². The molecular weight excluding hydrogens is 372 g/mol. The maximum absolute atomic E-state index is 13.0. The molecule has 0 aliphatic heterocycles. The minimum Gasteiger partial charge on any atom is -0.496 e. The second kappa shape index (κ2) is 7.10. The summed E-state index contributed by atoms with van der Waals surface area (Å²) >= 11 is 1.25. The Labute approximate surface area is 164 Å². The van der Waals surface area contributed by atoms with E-state index in [-0.39, 0.29) is 11.6 Å². The summed E-state index contributed by atoms with van der Waals surface area (Å²) in [6.07, 6.45) is 0. The van der Waals surface area contributed by atoms with Crippen LogP contribution in [-0.4, -0.2) is 22.9 Å². The summed E-state index contributed by atoms with van der Waals surface area (Å²) in [7, 11) is 1.53. The van der Waals surface area contributed by atoms with Gasteiger partial charge in [0.05, 0.1) is 34.6 Å². The van der Waals surface area contributed by atoms with Gasteiger partial charge in [0.1, 0.15) is 16.4 Å². The molecule has 0 fully saturated rings. The highest BCUT2D eigenvalue weighted by molar-refractivity contribution is 7.20. The number of nitrogens with zero attached hydrogens (tertiary/aromatic N) is 3. The topological polar surface area (TPSA) is 102 Å². The number of nitrogen functional groups attached to an aromatic ring is 1. The molecule has 0 atom stereocenters. The number of nitrogens with two attached hydrogens (primary N) is 1. The van der Waals surface area contributed by atoms with Crippen molar-refractivity contribution in [3.63, 3.8) is 0 Å². The Bertz CT molecular complexity index is 1260. The molecule has 0 radical (unpaired) electrons. The van der Waals surface area contributed by atoms with Crippen molar-refractivity contribution in [2.45, 2.75) is 0 Å². The van der Waals surface area contributed by atoms with Crippen LogP contribution in [0.3, 0.4) is 0 Å². The first-order chi connectivity index (χ1) is 13.6. The van der Waals surface area contributed by atoms with Crippen molar-refractivity contribution in [3.05, 3.63) is 70.6 Å². The van der Waals surface area contributed by atoms with Gasteiger partial charge in [0.2, 0.25) is 5.78 Å². The number of benzene rings is 2. The van der Waals surface area contributed by atoms with Crippen LogP contribution >= 0.6 is 11.3 Å². The molecule has 0 aliphatic carbocycles. The van der Waals surface area contributed by atoms with Crippen LogP contribution in [0.5, 0.6) is 5.75 Å². The van der Waals surface area contributed by atoms with Crippen molar-refractivity contribution in [1.29, 1.82) is 5.26 Å². The zero-order valence-corrected chi connectivity index (χ0v) is 15.7. The summed E-state index contributed by atoms with van der Waals surface area (Å²) in [4.78, 5) is 23.0. The van der Waals surface area contributed by atoms with Crippen LogP contribution in [-0.2, 0) is 0 Å². The molecule has 0 saturated heterocycles. The van der Waals surface area contributed by atoms with Crippen LogP contribution in [0.25, 0.3) is 21.6 Å². The van der Waals surface area contributed by atoms with Gasteiger partial charge in [-0.3, -0.25) is 4.79 Å². The van der Waals surface area contributed by atoms with E-state index in [4.69, 9.17) is 15.7 Å². The van der Waals surface area contributed by atoms with Crippen LogP contribution in [0, 0.1) is 11.3 Å². The van der Waals surface area contributed by atoms with Gasteiger partial charge in [-0.05, 0) is 30.3 Å². The smallest absolute Gasteiger partial charge is 0.206 e. The van der Waals surface area contributed by atoms with Gasteiger partial charge in [-0.2, -0.15) is 5.26 Å². The zero-order valence-electron chi connectivity index (χ0n) is 14.8. The number of aromatic nitrogens is 2. The average Bonchev–Trinajstić information content (AvgIpc) is 3.18. The summed E-state index contributed by atoms with van der Waals surface area (Å²) in [5, 5.41) is 9.72. The number of methoxy groups -OCH3 is 1. The Morgan fingerprint density at radius 2 is 1.96 bits per heavy atom. The van der Waals surface area contributed by atoms with E-state index in [0.29, 0.717) is 43.4 Å². The Morgan fingerprint density at radius 1 is 1.14 bits per heavy atom. The number of carbonyl (C=O) groups excluding carboxylic acids is 1. The van der Waals surface area contributed by atoms with Crippen molar-refractivity contribution in [2.24, 2.45) is 0 Å². The largest absolute Gasteiger partial charge is 0.496 e. The number of thiophene rings is 1. The van der Waals surface area contributed by atoms with Gasteiger partial charge in [-0.15, -0.1) is 11.3 Å². The lowest BCUT2D eigenvalue weighted by atomic mass is 10.1. The third kappa shape index (κ3) is 3.06. The highest BCUT2D eigenvalue weighted by Gasteiger charge is 2.19. The third-order valence-electron chi connectivity index (χ3n) is 4.25. The van der Waals surface area contributed by atoms with E-state index < -0.39 is 0 Å². The number of anilines is 1. The number of ketones is 1. The Balaban J connectivity index is 1.80. The molecule has 2 aromatic carbocycles. The van der Waals surface area contributed by atoms with Gasteiger partial charge in [0.15, 0.2) is 5.82 Å². The molecule has 4 aromatic rings. The van der Waals surface area contributed by atoms with Gasteiger partial charge < -0.3 is 10.5 Å². The van der Waals surface area contributed by atoms with Crippen LogP contribution in [0.2, 0.25) is 0 Å². The van der Waals surface area contributed by atoms with Crippen molar-refractivity contribution in [2.75, 3.05) is 12.8 Å². The summed E-state index contributed by atoms with van der Waals surface area (Å²) in [6, 6.07) is 17.9. The molecule has 28 heavy (non-hydrogen) atoms. The van der Waals surface area contributed by atoms with E-state index in [9.17, 15) is 4.79 Å². The SMILES string of the molecule is COc1ccccc1C(=O)c1cc2c(N)nc(-c3cccc(C#N)c3)nc2s1. The fraction of sp³-hybridized carbons (Fsp3) is 0.0476. The van der Waals surface area contributed by atoms with Crippen molar-refractivity contribution >= 4 is 33.2 Å². The number of fused-ring (bicyclic) bond motifs is 1. The molecule has 6 nitrogen and oxygen atoms in total. The zero-order chi connectivity index (χ0) is 19.7. The molecule has 0 aliphatic rings. The maximum Gasteiger partial charge on any atom is 0.206 e. The Hall–Kier alpha value is -3.76. The van der Waals surface area contributed by atoms with Crippen molar-refractivity contribution in [1.82, 2.24) is 9.97 Å². The highest BCUT2D eigenvalue weighted by Crippen LogP contribution is 2.32. The molecule has 0 unspecified atom stereocenters. The first kappa shape index (κ1) is 17.6. The Morgan fingerprint density at radius 3 is 2.75 bits per heavy atom. The molecular formula is C21H14N4O2S. The van der Waals surface area contributed by atoms with Crippen LogP contribution < -0.4 is 10.5 Å². The molecule has 0 spiro atoms. The lowest BCUT2D eigenvalue weighted by molar-refractivity contribution is 0.103. The summed E-state index contributed by atoms with van der Waals surface area (Å²) in [5.41, 5.74) is 7.81. The maximum atomic E-state index is 13.0. The second-order valence-electron chi connectivity index (χ2n) is 5.98. The third-order valence-corrected chi connectivity index (χ3v) is 5.28. The molecule has 2 heterocycles. The number of hydrogen-bond acceptors (Lipinski definition) is 7. The van der Waals surface area contributed by atoms with Crippen LogP contribution in [0.15, 0.2) is 54.6 Å². The predicted molar refractivity (Wildman–Crippen MR) is 108 cm³/mol. The van der Waals surface area contributed by atoms with Gasteiger partial charge >= 0.3 is 0 Å². The standard InChI is InChI=1S/C21H14N4O2S/c1-27-16-8-3-2-7-14(16)18(26)17-10-15-19(23)24-20(25-21(15)28-17)13-6-4-5-12(9-13)11-22/h2-10H,1H3,(H2,23,24,25). The summed E-state index contributed by atoms with van der Waals surface area (Å²) < 4.78 is 5.29. The predicted octanol–water partition coefficient (Wildman–Crippen LogP) is 4.05. The minimum absolute atomic E-state index is 0.159.